The Balaban J connectivity index is 1.73. The van der Waals surface area contributed by atoms with E-state index in [4.69, 9.17) is 30.9 Å². The number of aryl methyl sites for hydroxylation is 1. The molecule has 0 saturated heterocycles. The van der Waals surface area contributed by atoms with Crippen molar-refractivity contribution in [2.24, 2.45) is 5.92 Å². The molecule has 2 heterocycles. The molecular formula is C24H32ClN3O5. The van der Waals surface area contributed by atoms with Crippen LogP contribution in [-0.4, -0.2) is 55.1 Å². The molecule has 1 amide bonds. The molecule has 0 bridgehead atoms. The van der Waals surface area contributed by atoms with E-state index in [9.17, 15) is 9.59 Å². The second-order valence-electron chi connectivity index (χ2n) is 8.15. The fourth-order valence-corrected chi connectivity index (χ4v) is 4.15. The van der Waals surface area contributed by atoms with E-state index in [1.807, 2.05) is 18.5 Å². The number of benzene rings is 1. The molecule has 0 fully saturated rings. The molecule has 33 heavy (non-hydrogen) atoms. The number of nitrogens with zero attached hydrogens (tertiary/aromatic N) is 2. The number of esters is 1. The second kappa shape index (κ2) is 12.0. The van der Waals surface area contributed by atoms with Gasteiger partial charge in [-0.25, -0.2) is 4.79 Å². The van der Waals surface area contributed by atoms with Crippen LogP contribution in [0.1, 0.15) is 58.8 Å². The van der Waals surface area contributed by atoms with Crippen LogP contribution in [0.2, 0.25) is 5.02 Å². The van der Waals surface area contributed by atoms with Gasteiger partial charge in [0.1, 0.15) is 5.56 Å². The first-order chi connectivity index (χ1) is 16.0. The summed E-state index contributed by atoms with van der Waals surface area (Å²) < 4.78 is 18.3. The lowest BCUT2D eigenvalue weighted by Crippen LogP contribution is -2.27. The zero-order chi connectivity index (χ0) is 23.8. The molecule has 1 aliphatic heterocycles. The lowest BCUT2D eigenvalue weighted by atomic mass is 10.1. The van der Waals surface area contributed by atoms with Gasteiger partial charge in [-0.1, -0.05) is 31.5 Å². The van der Waals surface area contributed by atoms with Gasteiger partial charge in [0.2, 0.25) is 0 Å². The number of hydrogen-bond acceptors (Lipinski definition) is 6. The molecule has 8 nitrogen and oxygen atoms in total. The Morgan fingerprint density at radius 2 is 2.12 bits per heavy atom. The van der Waals surface area contributed by atoms with Crippen molar-refractivity contribution in [1.82, 2.24) is 15.1 Å². The molecule has 1 N–H and O–H groups in total. The van der Waals surface area contributed by atoms with E-state index in [0.717, 1.165) is 24.2 Å². The summed E-state index contributed by atoms with van der Waals surface area (Å²) in [5.74, 6) is -0.298. The van der Waals surface area contributed by atoms with E-state index >= 15 is 0 Å². The number of halogens is 1. The van der Waals surface area contributed by atoms with Crippen LogP contribution >= 0.6 is 11.6 Å². The summed E-state index contributed by atoms with van der Waals surface area (Å²) in [6.45, 7) is 6.56. The quantitative estimate of drug-likeness (QED) is 0.611. The highest BCUT2D eigenvalue weighted by molar-refractivity contribution is 6.32. The van der Waals surface area contributed by atoms with E-state index < -0.39 is 5.97 Å². The Bertz CT molecular complexity index is 975. The Morgan fingerprint density at radius 3 is 2.88 bits per heavy atom. The number of aromatic nitrogens is 2. The minimum atomic E-state index is -0.494. The molecule has 0 radical (unpaired) electrons. The van der Waals surface area contributed by atoms with E-state index in [-0.39, 0.29) is 24.0 Å². The van der Waals surface area contributed by atoms with Crippen molar-refractivity contribution in [3.8, 4) is 5.75 Å². The number of para-hydroxylation sites is 1. The molecular weight excluding hydrogens is 446 g/mol. The Morgan fingerprint density at radius 1 is 1.33 bits per heavy atom. The first-order valence-electron chi connectivity index (χ1n) is 11.4. The highest BCUT2D eigenvalue weighted by Gasteiger charge is 2.24. The largest absolute Gasteiger partial charge is 0.494 e. The van der Waals surface area contributed by atoms with Crippen molar-refractivity contribution in [2.75, 3.05) is 33.5 Å². The molecule has 3 rings (SSSR count). The van der Waals surface area contributed by atoms with Crippen LogP contribution in [0.4, 0.5) is 0 Å². The topological polar surface area (TPSA) is 91.7 Å². The minimum Gasteiger partial charge on any atom is -0.494 e. The predicted molar refractivity (Wildman–Crippen MR) is 125 cm³/mol. The average molecular weight is 478 g/mol. The minimum absolute atomic E-state index is 0.0228. The molecule has 180 valence electrons. The third-order valence-corrected chi connectivity index (χ3v) is 5.82. The number of carbonyl (C=O) groups excluding carboxylic acids is 2. The van der Waals surface area contributed by atoms with Crippen LogP contribution in [0.3, 0.4) is 0 Å². The zero-order valence-corrected chi connectivity index (χ0v) is 20.2. The van der Waals surface area contributed by atoms with Crippen LogP contribution in [0.25, 0.3) is 0 Å². The highest BCUT2D eigenvalue weighted by Crippen LogP contribution is 2.29. The zero-order valence-electron chi connectivity index (χ0n) is 19.5. The lowest BCUT2D eigenvalue weighted by Gasteiger charge is -2.16. The first-order valence-corrected chi connectivity index (χ1v) is 11.8. The van der Waals surface area contributed by atoms with Crippen LogP contribution in [-0.2, 0) is 28.9 Å². The van der Waals surface area contributed by atoms with Gasteiger partial charge in [-0.2, -0.15) is 5.10 Å². The maximum absolute atomic E-state index is 12.9. The van der Waals surface area contributed by atoms with Gasteiger partial charge in [-0.15, -0.1) is 0 Å². The van der Waals surface area contributed by atoms with Crippen molar-refractivity contribution >= 4 is 23.5 Å². The van der Waals surface area contributed by atoms with Crippen LogP contribution in [0.15, 0.2) is 18.2 Å². The molecule has 2 aromatic rings. The summed E-state index contributed by atoms with van der Waals surface area (Å²) in [5.41, 5.74) is 2.65. The summed E-state index contributed by atoms with van der Waals surface area (Å²) in [4.78, 5) is 25.5. The predicted octanol–water partition coefficient (Wildman–Crippen LogP) is 3.68. The van der Waals surface area contributed by atoms with Gasteiger partial charge in [0.05, 0.1) is 35.7 Å². The SMILES string of the molecule is CCc1nn(C[C@@H](C)COC(=O)c2cccc(Cl)c2OC)c2c1C(=O)NCCCOCCC2. The number of nitrogens with one attached hydrogen (secondary N) is 1. The first kappa shape index (κ1) is 25.1. The fourth-order valence-electron chi connectivity index (χ4n) is 3.90. The normalized spacial score (nSPS) is 15.7. The number of amides is 1. The van der Waals surface area contributed by atoms with E-state index in [2.05, 4.69) is 5.32 Å². The molecule has 0 aliphatic carbocycles. The molecule has 0 saturated carbocycles. The maximum Gasteiger partial charge on any atom is 0.341 e. The Labute approximate surface area is 199 Å². The molecule has 1 atom stereocenters. The van der Waals surface area contributed by atoms with Crippen molar-refractivity contribution < 1.29 is 23.8 Å². The smallest absolute Gasteiger partial charge is 0.341 e. The number of rotatable bonds is 7. The Hall–Kier alpha value is -2.58. The third kappa shape index (κ3) is 6.26. The molecule has 1 aromatic carbocycles. The van der Waals surface area contributed by atoms with Crippen LogP contribution in [0, 0.1) is 5.92 Å². The van der Waals surface area contributed by atoms with Crippen LogP contribution < -0.4 is 10.1 Å². The second-order valence-corrected chi connectivity index (χ2v) is 8.56. The van der Waals surface area contributed by atoms with Crippen molar-refractivity contribution in [1.29, 1.82) is 0 Å². The average Bonchev–Trinajstić information content (AvgIpc) is 3.13. The third-order valence-electron chi connectivity index (χ3n) is 5.52. The molecule has 0 unspecified atom stereocenters. The fraction of sp³-hybridized carbons (Fsp3) is 0.542. The van der Waals surface area contributed by atoms with E-state index in [0.29, 0.717) is 55.5 Å². The summed E-state index contributed by atoms with van der Waals surface area (Å²) >= 11 is 6.11. The number of methoxy groups -OCH3 is 1. The van der Waals surface area contributed by atoms with Crippen molar-refractivity contribution in [2.45, 2.75) is 46.1 Å². The maximum atomic E-state index is 12.9. The Kier molecular flexibility index (Phi) is 9.14. The van der Waals surface area contributed by atoms with Crippen molar-refractivity contribution in [3.63, 3.8) is 0 Å². The van der Waals surface area contributed by atoms with Crippen LogP contribution in [0.5, 0.6) is 5.75 Å². The summed E-state index contributed by atoms with van der Waals surface area (Å²) in [6, 6.07) is 4.96. The van der Waals surface area contributed by atoms with Gasteiger partial charge >= 0.3 is 5.97 Å². The number of carbonyl (C=O) groups is 2. The summed E-state index contributed by atoms with van der Waals surface area (Å²) in [6.07, 6.45) is 2.96. The molecule has 1 aromatic heterocycles. The van der Waals surface area contributed by atoms with Gasteiger partial charge < -0.3 is 19.5 Å². The molecule has 0 spiro atoms. The molecule has 9 heteroatoms. The van der Waals surface area contributed by atoms with Gasteiger partial charge in [-0.05, 0) is 37.8 Å². The standard InChI is InChI=1S/C24H32ClN3O5/c1-4-19-21-20(10-6-12-32-13-7-11-26-23(21)29)28(27-19)14-16(2)15-33-24(30)17-8-5-9-18(25)22(17)31-3/h5,8-9,16H,4,6-7,10-15H2,1-3H3,(H,26,29)/t16-/m1/s1. The van der Waals surface area contributed by atoms with E-state index in [1.54, 1.807) is 18.2 Å². The number of hydrogen-bond donors (Lipinski definition) is 1. The number of ether oxygens (including phenoxy) is 3. The van der Waals surface area contributed by atoms with Gasteiger partial charge in [0.15, 0.2) is 5.75 Å². The lowest BCUT2D eigenvalue weighted by molar-refractivity contribution is 0.0432. The summed E-state index contributed by atoms with van der Waals surface area (Å²) in [7, 11) is 1.46. The van der Waals surface area contributed by atoms with Gasteiger partial charge in [0.25, 0.3) is 5.91 Å². The van der Waals surface area contributed by atoms with Crippen molar-refractivity contribution in [3.05, 3.63) is 45.7 Å². The highest BCUT2D eigenvalue weighted by atomic mass is 35.5. The van der Waals surface area contributed by atoms with Gasteiger partial charge in [0, 0.05) is 32.2 Å². The van der Waals surface area contributed by atoms with E-state index in [1.165, 1.54) is 7.11 Å². The van der Waals surface area contributed by atoms with Gasteiger partial charge in [-0.3, -0.25) is 9.48 Å². The monoisotopic (exact) mass is 477 g/mol. The molecule has 1 aliphatic rings. The number of fused-ring (bicyclic) bond motifs is 1. The summed E-state index contributed by atoms with van der Waals surface area (Å²) in [5, 5.41) is 8.07.